The summed E-state index contributed by atoms with van der Waals surface area (Å²) in [6.07, 6.45) is 3.11. The highest BCUT2D eigenvalue weighted by Gasteiger charge is 2.12. The largest absolute Gasteiger partial charge is 0.258 e. The van der Waals surface area contributed by atoms with E-state index in [1.165, 1.54) is 13.1 Å². The summed E-state index contributed by atoms with van der Waals surface area (Å²) in [6, 6.07) is 0. The van der Waals surface area contributed by atoms with Gasteiger partial charge in [-0.25, -0.2) is 13.6 Å². The number of allylic oxidation sites excluding steroid dienone is 2. The lowest BCUT2D eigenvalue weighted by Gasteiger charge is -2.04. The van der Waals surface area contributed by atoms with E-state index in [1.807, 2.05) is 6.92 Å². The van der Waals surface area contributed by atoms with Crippen LogP contribution in [0.2, 0.25) is 0 Å². The lowest BCUT2D eigenvalue weighted by molar-refractivity contribution is 0.603. The average molecular weight is 227 g/mol. The van der Waals surface area contributed by atoms with Crippen molar-refractivity contribution < 1.29 is 8.42 Å². The highest BCUT2D eigenvalue weighted by atomic mass is 32.2. The maximum Gasteiger partial charge on any atom is 0.234 e. The molecule has 1 rings (SSSR count). The van der Waals surface area contributed by atoms with Crippen molar-refractivity contribution in [3.8, 4) is 0 Å². The summed E-state index contributed by atoms with van der Waals surface area (Å²) in [4.78, 5) is 8.22. The van der Waals surface area contributed by atoms with E-state index in [-0.39, 0.29) is 4.91 Å². The molecule has 1 aromatic heterocycles. The topological polar surface area (TPSA) is 85.9 Å². The Morgan fingerprint density at radius 3 is 2.27 bits per heavy atom. The molecule has 0 saturated carbocycles. The van der Waals surface area contributed by atoms with Gasteiger partial charge in [0.2, 0.25) is 10.0 Å². The van der Waals surface area contributed by atoms with Gasteiger partial charge in [0.05, 0.1) is 22.5 Å². The SMILES string of the molecule is CC(=C(C)S(N)(=O)=O)c1cnc(C)cn1. The van der Waals surface area contributed by atoms with Gasteiger partial charge in [-0.15, -0.1) is 0 Å². The number of nitrogens with zero attached hydrogens (tertiary/aromatic N) is 2. The molecule has 0 spiro atoms. The zero-order valence-corrected chi connectivity index (χ0v) is 9.67. The number of rotatable bonds is 2. The van der Waals surface area contributed by atoms with E-state index in [1.54, 1.807) is 13.1 Å². The monoisotopic (exact) mass is 227 g/mol. The van der Waals surface area contributed by atoms with Gasteiger partial charge in [-0.05, 0) is 26.3 Å². The molecule has 6 heteroatoms. The van der Waals surface area contributed by atoms with Crippen LogP contribution in [0.3, 0.4) is 0 Å². The molecule has 0 amide bonds. The molecule has 1 aromatic rings. The molecule has 0 fully saturated rings. The first-order valence-electron chi connectivity index (χ1n) is 4.31. The lowest BCUT2D eigenvalue weighted by atomic mass is 10.2. The van der Waals surface area contributed by atoms with Crippen LogP contribution in [0.5, 0.6) is 0 Å². The van der Waals surface area contributed by atoms with Crippen molar-refractivity contribution in [2.24, 2.45) is 5.14 Å². The molecule has 0 aliphatic carbocycles. The molecular weight excluding hydrogens is 214 g/mol. The Bertz CT molecular complexity index is 489. The van der Waals surface area contributed by atoms with Gasteiger partial charge in [0.1, 0.15) is 0 Å². The molecule has 2 N–H and O–H groups in total. The summed E-state index contributed by atoms with van der Waals surface area (Å²) in [7, 11) is -3.65. The Morgan fingerprint density at radius 2 is 1.87 bits per heavy atom. The van der Waals surface area contributed by atoms with Gasteiger partial charge in [-0.3, -0.25) is 9.97 Å². The summed E-state index contributed by atoms with van der Waals surface area (Å²) >= 11 is 0. The van der Waals surface area contributed by atoms with Crippen LogP contribution >= 0.6 is 0 Å². The molecule has 0 aliphatic rings. The van der Waals surface area contributed by atoms with Crippen LogP contribution in [0.1, 0.15) is 25.2 Å². The number of aromatic nitrogens is 2. The van der Waals surface area contributed by atoms with Crippen molar-refractivity contribution in [3.63, 3.8) is 0 Å². The zero-order chi connectivity index (χ0) is 11.6. The summed E-state index contributed by atoms with van der Waals surface area (Å²) in [5.74, 6) is 0. The number of hydrogen-bond acceptors (Lipinski definition) is 4. The van der Waals surface area contributed by atoms with E-state index in [0.717, 1.165) is 5.69 Å². The van der Waals surface area contributed by atoms with Crippen molar-refractivity contribution in [3.05, 3.63) is 28.7 Å². The summed E-state index contributed by atoms with van der Waals surface area (Å²) in [6.45, 7) is 4.91. The van der Waals surface area contributed by atoms with E-state index in [2.05, 4.69) is 9.97 Å². The Balaban J connectivity index is 3.25. The maximum absolute atomic E-state index is 11.1. The van der Waals surface area contributed by atoms with Gasteiger partial charge in [-0.1, -0.05) is 0 Å². The standard InChI is InChI=1S/C9H13N3O2S/c1-6-4-12-9(5-11-6)7(2)8(3)15(10,13)14/h4-5H,1-3H3,(H2,10,13,14). The Labute approximate surface area is 89.1 Å². The first-order valence-corrected chi connectivity index (χ1v) is 5.86. The van der Waals surface area contributed by atoms with Crippen LogP contribution in [0.4, 0.5) is 0 Å². The molecule has 15 heavy (non-hydrogen) atoms. The second kappa shape index (κ2) is 4.08. The molecule has 0 aliphatic heterocycles. The molecular formula is C9H13N3O2S. The van der Waals surface area contributed by atoms with Crippen LogP contribution < -0.4 is 5.14 Å². The number of primary sulfonamides is 1. The molecule has 0 atom stereocenters. The maximum atomic E-state index is 11.1. The van der Waals surface area contributed by atoms with Crippen LogP contribution in [0, 0.1) is 6.92 Å². The second-order valence-electron chi connectivity index (χ2n) is 3.27. The smallest absolute Gasteiger partial charge is 0.234 e. The summed E-state index contributed by atoms with van der Waals surface area (Å²) in [5, 5.41) is 5.01. The average Bonchev–Trinajstić information content (AvgIpc) is 2.15. The third-order valence-electron chi connectivity index (χ3n) is 2.12. The highest BCUT2D eigenvalue weighted by Crippen LogP contribution is 2.17. The second-order valence-corrected chi connectivity index (χ2v) is 4.97. The number of aryl methyl sites for hydroxylation is 1. The predicted molar refractivity (Wildman–Crippen MR) is 58.1 cm³/mol. The van der Waals surface area contributed by atoms with E-state index in [9.17, 15) is 8.42 Å². The van der Waals surface area contributed by atoms with Crippen molar-refractivity contribution in [1.82, 2.24) is 9.97 Å². The Kier molecular flexibility index (Phi) is 3.21. The number of hydrogen-bond donors (Lipinski definition) is 1. The van der Waals surface area contributed by atoms with Gasteiger partial charge in [0, 0.05) is 6.20 Å². The third-order valence-corrected chi connectivity index (χ3v) is 3.28. The Morgan fingerprint density at radius 1 is 1.27 bits per heavy atom. The van der Waals surface area contributed by atoms with Gasteiger partial charge >= 0.3 is 0 Å². The first kappa shape index (κ1) is 11.8. The summed E-state index contributed by atoms with van der Waals surface area (Å²) in [5.41, 5.74) is 1.82. The lowest BCUT2D eigenvalue weighted by Crippen LogP contribution is -2.14. The van der Waals surface area contributed by atoms with Crippen molar-refractivity contribution in [2.45, 2.75) is 20.8 Å². The normalized spacial score (nSPS) is 13.6. The minimum absolute atomic E-state index is 0.112. The quantitative estimate of drug-likeness (QED) is 0.810. The predicted octanol–water partition coefficient (Wildman–Crippen LogP) is 0.824. The molecule has 0 bridgehead atoms. The van der Waals surface area contributed by atoms with Gasteiger partial charge in [0.25, 0.3) is 0 Å². The molecule has 0 saturated heterocycles. The van der Waals surface area contributed by atoms with Crippen molar-refractivity contribution in [1.29, 1.82) is 0 Å². The van der Waals surface area contributed by atoms with Gasteiger partial charge < -0.3 is 0 Å². The van der Waals surface area contributed by atoms with Crippen LogP contribution in [0.15, 0.2) is 17.3 Å². The first-order chi connectivity index (χ1) is 6.82. The number of sulfonamides is 1. The molecule has 0 unspecified atom stereocenters. The molecule has 1 heterocycles. The summed E-state index contributed by atoms with van der Waals surface area (Å²) < 4.78 is 22.2. The Hall–Kier alpha value is -1.27. The van der Waals surface area contributed by atoms with Gasteiger partial charge in [0.15, 0.2) is 0 Å². The molecule has 0 aromatic carbocycles. The fourth-order valence-electron chi connectivity index (χ4n) is 0.980. The fraction of sp³-hybridized carbons (Fsp3) is 0.333. The molecule has 5 nitrogen and oxygen atoms in total. The van der Waals surface area contributed by atoms with Gasteiger partial charge in [-0.2, -0.15) is 0 Å². The van der Waals surface area contributed by atoms with E-state index in [4.69, 9.17) is 5.14 Å². The minimum Gasteiger partial charge on any atom is -0.258 e. The van der Waals surface area contributed by atoms with E-state index >= 15 is 0 Å². The fourth-order valence-corrected chi connectivity index (χ4v) is 1.51. The van der Waals surface area contributed by atoms with Crippen LogP contribution in [-0.4, -0.2) is 18.4 Å². The van der Waals surface area contributed by atoms with Crippen LogP contribution in [0.25, 0.3) is 5.57 Å². The third kappa shape index (κ3) is 2.84. The van der Waals surface area contributed by atoms with E-state index in [0.29, 0.717) is 11.3 Å². The van der Waals surface area contributed by atoms with Crippen molar-refractivity contribution in [2.75, 3.05) is 0 Å². The molecule has 82 valence electrons. The van der Waals surface area contributed by atoms with Crippen LogP contribution in [-0.2, 0) is 10.0 Å². The minimum atomic E-state index is -3.65. The highest BCUT2D eigenvalue weighted by molar-refractivity contribution is 7.93. The van der Waals surface area contributed by atoms with E-state index < -0.39 is 10.0 Å². The zero-order valence-electron chi connectivity index (χ0n) is 8.85. The van der Waals surface area contributed by atoms with Crippen molar-refractivity contribution >= 4 is 15.6 Å². The number of nitrogens with two attached hydrogens (primary N) is 1. The molecule has 0 radical (unpaired) electrons.